The van der Waals surface area contributed by atoms with Crippen molar-refractivity contribution < 1.29 is 9.34 Å². The summed E-state index contributed by atoms with van der Waals surface area (Å²) in [6, 6.07) is 6.21. The first kappa shape index (κ1) is 16.6. The Morgan fingerprint density at radius 2 is 1.83 bits per heavy atom. The number of benzene rings is 1. The standard InChI is InChI=1S/C17H22N4O3/c1-11-8-12(2)10-20(9-11)13(3)16-18-19-17(24-16)14-4-6-15(7-5-14)21(22)23/h4-7,11-13H,8-10H2,1-3H3/t11-,12-,13+/m1/s1. The molecular formula is C17H22N4O3. The molecule has 1 fully saturated rings. The molecule has 0 amide bonds. The number of nitro benzene ring substituents is 1. The van der Waals surface area contributed by atoms with Crippen LogP contribution in [0.15, 0.2) is 28.7 Å². The average Bonchev–Trinajstić information content (AvgIpc) is 3.03. The van der Waals surface area contributed by atoms with Gasteiger partial charge in [-0.2, -0.15) is 0 Å². The van der Waals surface area contributed by atoms with Crippen LogP contribution in [0.3, 0.4) is 0 Å². The van der Waals surface area contributed by atoms with Crippen molar-refractivity contribution in [2.24, 2.45) is 11.8 Å². The monoisotopic (exact) mass is 330 g/mol. The molecule has 0 bridgehead atoms. The quantitative estimate of drug-likeness (QED) is 0.628. The fourth-order valence-corrected chi connectivity index (χ4v) is 3.43. The summed E-state index contributed by atoms with van der Waals surface area (Å²) in [4.78, 5) is 12.7. The van der Waals surface area contributed by atoms with Gasteiger partial charge in [-0.05, 0) is 37.3 Å². The smallest absolute Gasteiger partial charge is 0.269 e. The second kappa shape index (κ2) is 6.68. The lowest BCUT2D eigenvalue weighted by Crippen LogP contribution is -2.40. The largest absolute Gasteiger partial charge is 0.419 e. The maximum Gasteiger partial charge on any atom is 0.269 e. The number of piperidine rings is 1. The summed E-state index contributed by atoms with van der Waals surface area (Å²) in [6.45, 7) is 8.68. The number of nitro groups is 1. The van der Waals surface area contributed by atoms with Crippen molar-refractivity contribution in [1.82, 2.24) is 15.1 Å². The van der Waals surface area contributed by atoms with Crippen LogP contribution in [0.2, 0.25) is 0 Å². The minimum absolute atomic E-state index is 0.0446. The summed E-state index contributed by atoms with van der Waals surface area (Å²) in [5.74, 6) is 2.30. The molecule has 0 radical (unpaired) electrons. The zero-order chi connectivity index (χ0) is 17.3. The van der Waals surface area contributed by atoms with Gasteiger partial charge in [-0.3, -0.25) is 15.0 Å². The minimum Gasteiger partial charge on any atom is -0.419 e. The predicted molar refractivity (Wildman–Crippen MR) is 89.3 cm³/mol. The van der Waals surface area contributed by atoms with Crippen LogP contribution < -0.4 is 0 Å². The van der Waals surface area contributed by atoms with Gasteiger partial charge in [-0.25, -0.2) is 0 Å². The van der Waals surface area contributed by atoms with E-state index in [9.17, 15) is 10.1 Å². The van der Waals surface area contributed by atoms with Crippen molar-refractivity contribution in [2.45, 2.75) is 33.2 Å². The first-order chi connectivity index (χ1) is 11.4. The molecule has 1 saturated heterocycles. The van der Waals surface area contributed by atoms with Gasteiger partial charge in [0, 0.05) is 30.8 Å². The fourth-order valence-electron chi connectivity index (χ4n) is 3.43. The van der Waals surface area contributed by atoms with Crippen molar-refractivity contribution in [2.75, 3.05) is 13.1 Å². The van der Waals surface area contributed by atoms with Crippen LogP contribution in [0, 0.1) is 22.0 Å². The Bertz CT molecular complexity index is 703. The topological polar surface area (TPSA) is 85.3 Å². The molecule has 2 aromatic rings. The van der Waals surface area contributed by atoms with Crippen molar-refractivity contribution in [3.8, 4) is 11.5 Å². The molecular weight excluding hydrogens is 308 g/mol. The SMILES string of the molecule is C[C@@H]1C[C@@H](C)CN([C@@H](C)c2nnc(-c3ccc([N+](=O)[O-])cc3)o2)C1. The Labute approximate surface area is 140 Å². The third-order valence-electron chi connectivity index (χ3n) is 4.57. The first-order valence-corrected chi connectivity index (χ1v) is 8.26. The highest BCUT2D eigenvalue weighted by Crippen LogP contribution is 2.30. The maximum atomic E-state index is 10.7. The minimum atomic E-state index is -0.427. The molecule has 1 aromatic carbocycles. The molecule has 1 aliphatic rings. The van der Waals surface area contributed by atoms with Gasteiger partial charge in [0.2, 0.25) is 11.8 Å². The van der Waals surface area contributed by atoms with Crippen LogP contribution in [-0.4, -0.2) is 33.1 Å². The zero-order valence-corrected chi connectivity index (χ0v) is 14.2. The Hall–Kier alpha value is -2.28. The summed E-state index contributed by atoms with van der Waals surface area (Å²) in [6.07, 6.45) is 1.25. The lowest BCUT2D eigenvalue weighted by atomic mass is 9.91. The molecule has 0 unspecified atom stereocenters. The van der Waals surface area contributed by atoms with Crippen molar-refractivity contribution in [1.29, 1.82) is 0 Å². The first-order valence-electron chi connectivity index (χ1n) is 8.26. The van der Waals surface area contributed by atoms with E-state index in [0.717, 1.165) is 13.1 Å². The normalized spacial score (nSPS) is 23.1. The van der Waals surface area contributed by atoms with Gasteiger partial charge in [0.25, 0.3) is 5.69 Å². The predicted octanol–water partition coefficient (Wildman–Crippen LogP) is 3.68. The maximum absolute atomic E-state index is 10.7. The van der Waals surface area contributed by atoms with Gasteiger partial charge in [-0.1, -0.05) is 13.8 Å². The van der Waals surface area contributed by atoms with E-state index in [0.29, 0.717) is 29.2 Å². The van der Waals surface area contributed by atoms with E-state index in [1.54, 1.807) is 12.1 Å². The molecule has 1 aliphatic heterocycles. The molecule has 0 N–H and O–H groups in total. The van der Waals surface area contributed by atoms with Crippen LogP contribution in [0.1, 0.15) is 39.1 Å². The van der Waals surface area contributed by atoms with Crippen LogP contribution in [0.5, 0.6) is 0 Å². The van der Waals surface area contributed by atoms with Crippen LogP contribution in [0.4, 0.5) is 5.69 Å². The Balaban J connectivity index is 1.76. The zero-order valence-electron chi connectivity index (χ0n) is 14.2. The number of non-ortho nitro benzene ring substituents is 1. The van der Waals surface area contributed by atoms with Crippen molar-refractivity contribution in [3.05, 3.63) is 40.3 Å². The summed E-state index contributed by atoms with van der Waals surface area (Å²) < 4.78 is 5.82. The molecule has 0 saturated carbocycles. The third kappa shape index (κ3) is 3.46. The Morgan fingerprint density at radius 3 is 2.42 bits per heavy atom. The lowest BCUT2D eigenvalue weighted by molar-refractivity contribution is -0.384. The van der Waals surface area contributed by atoms with E-state index in [2.05, 4.69) is 35.9 Å². The van der Waals surface area contributed by atoms with E-state index < -0.39 is 4.92 Å². The van der Waals surface area contributed by atoms with Gasteiger partial charge >= 0.3 is 0 Å². The average molecular weight is 330 g/mol. The third-order valence-corrected chi connectivity index (χ3v) is 4.57. The number of nitrogens with zero attached hydrogens (tertiary/aromatic N) is 4. The van der Waals surface area contributed by atoms with E-state index in [1.165, 1.54) is 18.6 Å². The molecule has 24 heavy (non-hydrogen) atoms. The van der Waals surface area contributed by atoms with Crippen LogP contribution in [-0.2, 0) is 0 Å². The second-order valence-electron chi connectivity index (χ2n) is 6.83. The molecule has 0 aliphatic carbocycles. The molecule has 3 atom stereocenters. The van der Waals surface area contributed by atoms with Gasteiger partial charge < -0.3 is 4.42 Å². The Morgan fingerprint density at radius 1 is 1.21 bits per heavy atom. The summed E-state index contributed by atoms with van der Waals surface area (Å²) in [5.41, 5.74) is 0.732. The van der Waals surface area contributed by atoms with Gasteiger partial charge in [-0.15, -0.1) is 10.2 Å². The van der Waals surface area contributed by atoms with Gasteiger partial charge in [0.1, 0.15) is 0 Å². The fraction of sp³-hybridized carbons (Fsp3) is 0.529. The number of hydrogen-bond acceptors (Lipinski definition) is 6. The molecule has 3 rings (SSSR count). The Kier molecular flexibility index (Phi) is 4.62. The second-order valence-corrected chi connectivity index (χ2v) is 6.83. The van der Waals surface area contributed by atoms with Gasteiger partial charge in [0.15, 0.2) is 0 Å². The highest BCUT2D eigenvalue weighted by molar-refractivity contribution is 5.55. The summed E-state index contributed by atoms with van der Waals surface area (Å²) in [5, 5.41) is 19.0. The van der Waals surface area contributed by atoms with Crippen molar-refractivity contribution >= 4 is 5.69 Å². The lowest BCUT2D eigenvalue weighted by Gasteiger charge is -2.37. The summed E-state index contributed by atoms with van der Waals surface area (Å²) >= 11 is 0. The van der Waals surface area contributed by atoms with E-state index in [-0.39, 0.29) is 11.7 Å². The van der Waals surface area contributed by atoms with Crippen molar-refractivity contribution in [3.63, 3.8) is 0 Å². The highest BCUT2D eigenvalue weighted by atomic mass is 16.6. The molecule has 7 heteroatoms. The van der Waals surface area contributed by atoms with E-state index >= 15 is 0 Å². The molecule has 7 nitrogen and oxygen atoms in total. The van der Waals surface area contributed by atoms with Gasteiger partial charge in [0.05, 0.1) is 11.0 Å². The number of likely N-dealkylation sites (tertiary alicyclic amines) is 1. The molecule has 2 heterocycles. The number of aromatic nitrogens is 2. The number of rotatable bonds is 4. The van der Waals surface area contributed by atoms with E-state index in [1.807, 2.05) is 0 Å². The van der Waals surface area contributed by atoms with Crippen LogP contribution in [0.25, 0.3) is 11.5 Å². The van der Waals surface area contributed by atoms with Crippen LogP contribution >= 0.6 is 0 Å². The molecule has 1 aromatic heterocycles. The summed E-state index contributed by atoms with van der Waals surface area (Å²) in [7, 11) is 0. The van der Waals surface area contributed by atoms with E-state index in [4.69, 9.17) is 4.42 Å². The molecule has 128 valence electrons. The molecule has 0 spiro atoms. The number of hydrogen-bond donors (Lipinski definition) is 0. The highest BCUT2D eigenvalue weighted by Gasteiger charge is 2.28.